The topological polar surface area (TPSA) is 0 Å². The number of rotatable bonds is 2. The van der Waals surface area contributed by atoms with Crippen LogP contribution in [-0.2, 0) is 43.3 Å². The average Bonchev–Trinajstić information content (AvgIpc) is 0.712. The van der Waals surface area contributed by atoms with E-state index in [9.17, 15) is 0 Å². The van der Waals surface area contributed by atoms with Crippen molar-refractivity contribution in [3.8, 4) is 22.3 Å². The van der Waals surface area contributed by atoms with E-state index in [0.29, 0.717) is 0 Å². The van der Waals surface area contributed by atoms with Crippen LogP contribution in [0.1, 0.15) is 211 Å². The first-order chi connectivity index (χ1) is 54.4. The molecule has 578 valence electrons. The second kappa shape index (κ2) is 26.3. The predicted octanol–water partition coefficient (Wildman–Crippen LogP) is 34.4. The summed E-state index contributed by atoms with van der Waals surface area (Å²) < 4.78 is 0. The standard InChI is InChI=1S/C116H114/c1-109(2,3)89-45-75-41-83(53-89)101-57-81(79-49-93(113(13,14)15)65-94(50-79)114(16,17)18)58-102-84-42-76(46-90(54-84)110(4,5)6)68-30-28-36-74(40-68)100-64-88-63-97(71-33-25-29-67(75)37-71)107(100)108-98-61-87(105(101)102)62-99(108)73-35-27-32-70(39-73)78-44-86(56-92(48-78)112(10,11)12)104-60-82(80-51-95(115(19,20)21)66-96(52-80)116(22,23)24)59-103(106(88)104)85-43-77(47-91(55-85)111(7,8)9)69-31-26-34-72(98)38-69/h25-66H,1-24H3. The van der Waals surface area contributed by atoms with E-state index in [-0.39, 0.29) is 43.3 Å². The molecule has 0 aliphatic heterocycles. The van der Waals surface area contributed by atoms with Gasteiger partial charge in [-0.05, 0) is 369 Å². The molecule has 22 aromatic carbocycles. The average molecular weight is 1510 g/mol. The van der Waals surface area contributed by atoms with Crippen LogP contribution < -0.4 is 0 Å². The van der Waals surface area contributed by atoms with Crippen molar-refractivity contribution in [3.63, 3.8) is 0 Å². The van der Waals surface area contributed by atoms with Crippen molar-refractivity contribution in [2.24, 2.45) is 0 Å². The number of hydrogen-bond acceptors (Lipinski definition) is 0. The van der Waals surface area contributed by atoms with Crippen molar-refractivity contribution >= 4 is 162 Å². The minimum absolute atomic E-state index is 0.118. The Labute approximate surface area is 688 Å². The molecule has 0 heteroatoms. The molecular formula is C116H114. The van der Waals surface area contributed by atoms with Crippen LogP contribution in [0.2, 0.25) is 0 Å². The first-order valence-electron chi connectivity index (χ1n) is 42.5. The summed E-state index contributed by atoms with van der Waals surface area (Å²) in [5.74, 6) is 0. The molecule has 0 radical (unpaired) electrons. The van der Waals surface area contributed by atoms with Crippen molar-refractivity contribution in [2.45, 2.75) is 209 Å². The Morgan fingerprint density at radius 1 is 0.121 bits per heavy atom. The summed E-state index contributed by atoms with van der Waals surface area (Å²) in [7, 11) is 0. The highest BCUT2D eigenvalue weighted by molar-refractivity contribution is 6.36. The van der Waals surface area contributed by atoms with Gasteiger partial charge in [0.15, 0.2) is 0 Å². The van der Waals surface area contributed by atoms with Crippen LogP contribution in [0.3, 0.4) is 0 Å². The molecule has 22 rings (SSSR count). The maximum atomic E-state index is 2.65. The van der Waals surface area contributed by atoms with Gasteiger partial charge in [-0.3, -0.25) is 0 Å². The zero-order chi connectivity index (χ0) is 81.9. The third-order valence-corrected chi connectivity index (χ3v) is 25.8. The smallest absolute Gasteiger partial charge is 0.00139 e. The van der Waals surface area contributed by atoms with Crippen LogP contribution in [0, 0.1) is 0 Å². The maximum absolute atomic E-state index is 2.65. The lowest BCUT2D eigenvalue weighted by Crippen LogP contribution is -2.16. The third kappa shape index (κ3) is 13.6. The molecule has 0 aliphatic carbocycles. The van der Waals surface area contributed by atoms with Gasteiger partial charge in [0.1, 0.15) is 0 Å². The maximum Gasteiger partial charge on any atom is -0.00139 e. The Bertz CT molecular complexity index is 6550. The molecule has 116 heavy (non-hydrogen) atoms. The molecule has 0 aromatic heterocycles. The Kier molecular flexibility index (Phi) is 17.3. The summed E-state index contributed by atoms with van der Waals surface area (Å²) in [5, 5.41) is 35.5. The monoisotopic (exact) mass is 1510 g/mol. The van der Waals surface area contributed by atoms with Crippen molar-refractivity contribution in [1.82, 2.24) is 0 Å². The molecule has 0 fully saturated rings. The fourth-order valence-corrected chi connectivity index (χ4v) is 18.5. The molecular weight excluding hydrogens is 1390 g/mol. The fraction of sp³-hybridized carbons (Fsp3) is 0.276. The first kappa shape index (κ1) is 76.4. The molecule has 0 N–H and O–H groups in total. The van der Waals surface area contributed by atoms with Crippen LogP contribution in [0.25, 0.3) is 184 Å². The van der Waals surface area contributed by atoms with Crippen molar-refractivity contribution < 1.29 is 0 Å². The Hall–Kier alpha value is -10.9. The summed E-state index contributed by atoms with van der Waals surface area (Å²) in [6.45, 7) is 57.3. The minimum Gasteiger partial charge on any atom is -0.0610 e. The van der Waals surface area contributed by atoms with E-state index in [1.165, 1.54) is 196 Å². The Morgan fingerprint density at radius 2 is 0.284 bits per heavy atom. The van der Waals surface area contributed by atoms with Crippen molar-refractivity contribution in [1.29, 1.82) is 0 Å². The van der Waals surface area contributed by atoms with Crippen LogP contribution in [-0.4, -0.2) is 0 Å². The SMILES string of the molecule is CC(C)(C)c1cc(-c2cc3c4cc(C(C)(C)C)cc(c4)c4cccc(c4)c4cc5cc6c7cccc(c7)c7cc(C(C)(C)C)cc(c7)c(c2)c3c2cc3c7cccc(c7)c7cc(C(C)(C)C)cc(c7)c7cc(-c8cc(C(C)(C)C)cc(C(C)(C)C)c8)cc(c8cc(C(C)(C)C)cc(c8)c8cccc(c8)c(c2)c3c46)c57)cc(C(C)(C)C)c1. The van der Waals surface area contributed by atoms with E-state index in [4.69, 9.17) is 0 Å². The molecule has 0 atom stereocenters. The Morgan fingerprint density at radius 3 is 0.491 bits per heavy atom. The van der Waals surface area contributed by atoms with E-state index in [2.05, 4.69) is 421 Å². The van der Waals surface area contributed by atoms with Crippen LogP contribution >= 0.6 is 0 Å². The lowest BCUT2D eigenvalue weighted by atomic mass is 9.78. The molecule has 0 heterocycles. The molecule has 0 nitrogen and oxygen atoms in total. The van der Waals surface area contributed by atoms with Gasteiger partial charge in [0.05, 0.1) is 0 Å². The largest absolute Gasteiger partial charge is 0.0610 e. The highest BCUT2D eigenvalue weighted by Gasteiger charge is 2.28. The quantitative estimate of drug-likeness (QED) is 0.162. The van der Waals surface area contributed by atoms with Crippen LogP contribution in [0.15, 0.2) is 255 Å². The van der Waals surface area contributed by atoms with E-state index in [1.54, 1.807) is 0 Å². The summed E-state index contributed by atoms with van der Waals surface area (Å²) >= 11 is 0. The second-order valence-electron chi connectivity index (χ2n) is 42.9. The van der Waals surface area contributed by atoms with Crippen molar-refractivity contribution in [3.05, 3.63) is 299 Å². The van der Waals surface area contributed by atoms with Gasteiger partial charge in [0, 0.05) is 0 Å². The van der Waals surface area contributed by atoms with E-state index >= 15 is 0 Å². The van der Waals surface area contributed by atoms with Gasteiger partial charge in [0.2, 0.25) is 0 Å². The fourth-order valence-electron chi connectivity index (χ4n) is 18.5. The van der Waals surface area contributed by atoms with Crippen LogP contribution in [0.4, 0.5) is 0 Å². The molecule has 0 aliphatic rings. The van der Waals surface area contributed by atoms with Gasteiger partial charge in [-0.2, -0.15) is 0 Å². The first-order valence-corrected chi connectivity index (χ1v) is 42.5. The number of hydrogen-bond donors (Lipinski definition) is 0. The summed E-state index contributed by atoms with van der Waals surface area (Å²) in [4.78, 5) is 0. The Balaban J connectivity index is 1.27. The molecule has 0 unspecified atom stereocenters. The zero-order valence-electron chi connectivity index (χ0n) is 73.2. The lowest BCUT2D eigenvalue weighted by molar-refractivity contribution is 0.568. The normalized spacial score (nSPS) is 13.3. The summed E-state index contributed by atoms with van der Waals surface area (Å²) in [6, 6.07) is 105. The second-order valence-corrected chi connectivity index (χ2v) is 42.9. The number of benzene rings is 14. The molecule has 0 saturated carbocycles. The van der Waals surface area contributed by atoms with Gasteiger partial charge in [-0.15, -0.1) is 0 Å². The minimum atomic E-state index is -0.228. The van der Waals surface area contributed by atoms with Gasteiger partial charge in [-0.1, -0.05) is 324 Å². The highest BCUT2D eigenvalue weighted by atomic mass is 14.3. The van der Waals surface area contributed by atoms with Gasteiger partial charge < -0.3 is 0 Å². The molecule has 0 saturated heterocycles. The third-order valence-electron chi connectivity index (χ3n) is 25.8. The summed E-state index contributed by atoms with van der Waals surface area (Å²) in [6.07, 6.45) is 0. The zero-order valence-corrected chi connectivity index (χ0v) is 73.2. The molecule has 0 spiro atoms. The van der Waals surface area contributed by atoms with E-state index in [0.717, 1.165) is 32.3 Å². The van der Waals surface area contributed by atoms with E-state index in [1.807, 2.05) is 0 Å². The van der Waals surface area contributed by atoms with Crippen LogP contribution in [0.5, 0.6) is 0 Å². The van der Waals surface area contributed by atoms with Gasteiger partial charge in [0.25, 0.3) is 0 Å². The molecule has 0 amide bonds. The molecule has 26 bridgehead atoms. The molecule has 22 aromatic rings. The van der Waals surface area contributed by atoms with Gasteiger partial charge >= 0.3 is 0 Å². The highest BCUT2D eigenvalue weighted by Crippen LogP contribution is 2.49. The lowest BCUT2D eigenvalue weighted by Gasteiger charge is -2.26. The van der Waals surface area contributed by atoms with E-state index < -0.39 is 0 Å². The summed E-state index contributed by atoms with van der Waals surface area (Å²) in [5.41, 5.74) is 13.9. The van der Waals surface area contributed by atoms with Gasteiger partial charge in [-0.25, -0.2) is 0 Å². The predicted molar refractivity (Wildman–Crippen MR) is 516 cm³/mol. The van der Waals surface area contributed by atoms with Crippen molar-refractivity contribution in [2.75, 3.05) is 0 Å².